The van der Waals surface area contributed by atoms with Gasteiger partial charge in [0.1, 0.15) is 5.75 Å². The molecule has 1 heterocycles. The lowest BCUT2D eigenvalue weighted by Crippen LogP contribution is -2.30. The number of hydrogen-bond donors (Lipinski definition) is 2. The number of hydrogen-bond acceptors (Lipinski definition) is 2. The summed E-state index contributed by atoms with van der Waals surface area (Å²) in [6, 6.07) is 19.3. The van der Waals surface area contributed by atoms with E-state index in [0.29, 0.717) is 6.54 Å². The first-order valence-corrected chi connectivity index (χ1v) is 8.16. The summed E-state index contributed by atoms with van der Waals surface area (Å²) in [5.74, 6) is 0.831. The standard InChI is InChI=1S/C20H21N3O2/c1-25-19-10-4-16(5-11-19)12-13-21-20(24)22-17-6-8-18(9-7-17)23-14-2-3-15-23/h2-11,14-15H,12-13H2,1H3,(H2,21,22,24). The number of urea groups is 1. The number of methoxy groups -OCH3 is 1. The van der Waals surface area contributed by atoms with E-state index in [1.807, 2.05) is 77.6 Å². The molecule has 3 rings (SSSR count). The van der Waals surface area contributed by atoms with Crippen LogP contribution in [0, 0.1) is 0 Å². The highest BCUT2D eigenvalue weighted by atomic mass is 16.5. The van der Waals surface area contributed by atoms with Crippen LogP contribution in [0.3, 0.4) is 0 Å². The SMILES string of the molecule is COc1ccc(CCNC(=O)Nc2ccc(-n3cccc3)cc2)cc1. The van der Waals surface area contributed by atoms with Gasteiger partial charge in [0, 0.05) is 30.3 Å². The molecule has 3 aromatic rings. The maximum Gasteiger partial charge on any atom is 0.319 e. The second kappa shape index (κ2) is 8.06. The molecule has 0 saturated heterocycles. The van der Waals surface area contributed by atoms with Crippen molar-refractivity contribution in [1.29, 1.82) is 0 Å². The van der Waals surface area contributed by atoms with E-state index >= 15 is 0 Å². The number of ether oxygens (including phenoxy) is 1. The number of amides is 2. The first-order chi connectivity index (χ1) is 12.2. The number of nitrogens with one attached hydrogen (secondary N) is 2. The molecule has 5 heteroatoms. The molecule has 1 aromatic heterocycles. The molecular weight excluding hydrogens is 314 g/mol. The fraction of sp³-hybridized carbons (Fsp3) is 0.150. The Morgan fingerprint density at radius 3 is 2.32 bits per heavy atom. The summed E-state index contributed by atoms with van der Waals surface area (Å²) in [6.07, 6.45) is 4.73. The van der Waals surface area contributed by atoms with E-state index in [-0.39, 0.29) is 6.03 Å². The Balaban J connectivity index is 1.45. The fourth-order valence-corrected chi connectivity index (χ4v) is 2.51. The lowest BCUT2D eigenvalue weighted by molar-refractivity contribution is 0.252. The van der Waals surface area contributed by atoms with Crippen LogP contribution in [0.2, 0.25) is 0 Å². The van der Waals surface area contributed by atoms with E-state index in [1.54, 1.807) is 7.11 Å². The van der Waals surface area contributed by atoms with Crippen molar-refractivity contribution in [3.63, 3.8) is 0 Å². The molecule has 0 atom stereocenters. The third kappa shape index (κ3) is 4.64. The predicted octanol–water partition coefficient (Wildman–Crippen LogP) is 3.85. The average molecular weight is 335 g/mol. The molecule has 0 aliphatic carbocycles. The zero-order valence-electron chi connectivity index (χ0n) is 14.1. The molecule has 0 fully saturated rings. The van der Waals surface area contributed by atoms with Gasteiger partial charge in [0.05, 0.1) is 7.11 Å². The Bertz CT molecular complexity index is 794. The fourth-order valence-electron chi connectivity index (χ4n) is 2.51. The molecule has 0 saturated carbocycles. The van der Waals surface area contributed by atoms with Crippen LogP contribution in [0.4, 0.5) is 10.5 Å². The van der Waals surface area contributed by atoms with Crippen molar-refractivity contribution < 1.29 is 9.53 Å². The Morgan fingerprint density at radius 2 is 1.68 bits per heavy atom. The average Bonchev–Trinajstić information content (AvgIpc) is 3.18. The van der Waals surface area contributed by atoms with Gasteiger partial charge in [-0.2, -0.15) is 0 Å². The van der Waals surface area contributed by atoms with Crippen molar-refractivity contribution in [2.45, 2.75) is 6.42 Å². The van der Waals surface area contributed by atoms with Crippen LogP contribution in [0.5, 0.6) is 5.75 Å². The minimum Gasteiger partial charge on any atom is -0.497 e. The van der Waals surface area contributed by atoms with Gasteiger partial charge in [-0.3, -0.25) is 0 Å². The highest BCUT2D eigenvalue weighted by Crippen LogP contribution is 2.14. The van der Waals surface area contributed by atoms with E-state index < -0.39 is 0 Å². The zero-order chi connectivity index (χ0) is 17.5. The molecule has 0 unspecified atom stereocenters. The monoisotopic (exact) mass is 335 g/mol. The summed E-state index contributed by atoms with van der Waals surface area (Å²) in [6.45, 7) is 0.569. The Hall–Kier alpha value is -3.21. The Labute approximate surface area is 147 Å². The normalized spacial score (nSPS) is 10.3. The number of carbonyl (C=O) groups excluding carboxylic acids is 1. The predicted molar refractivity (Wildman–Crippen MR) is 99.5 cm³/mol. The lowest BCUT2D eigenvalue weighted by Gasteiger charge is -2.09. The first kappa shape index (κ1) is 16.6. The molecular formula is C20H21N3O2. The molecule has 2 amide bonds. The van der Waals surface area contributed by atoms with Crippen molar-refractivity contribution in [3.05, 3.63) is 78.6 Å². The van der Waals surface area contributed by atoms with E-state index in [9.17, 15) is 4.79 Å². The first-order valence-electron chi connectivity index (χ1n) is 8.16. The maximum absolute atomic E-state index is 12.0. The van der Waals surface area contributed by atoms with Crippen molar-refractivity contribution >= 4 is 11.7 Å². The van der Waals surface area contributed by atoms with Crippen LogP contribution in [0.1, 0.15) is 5.56 Å². The summed E-state index contributed by atoms with van der Waals surface area (Å²) in [5.41, 5.74) is 2.96. The Kier molecular flexibility index (Phi) is 5.36. The van der Waals surface area contributed by atoms with Gasteiger partial charge >= 0.3 is 6.03 Å². The maximum atomic E-state index is 12.0. The molecule has 0 bridgehead atoms. The third-order valence-corrected chi connectivity index (χ3v) is 3.89. The number of aromatic nitrogens is 1. The number of nitrogens with zero attached hydrogens (tertiary/aromatic N) is 1. The third-order valence-electron chi connectivity index (χ3n) is 3.89. The van der Waals surface area contributed by atoms with E-state index in [0.717, 1.165) is 29.1 Å². The number of benzene rings is 2. The number of anilines is 1. The van der Waals surface area contributed by atoms with Gasteiger partial charge < -0.3 is 19.9 Å². The van der Waals surface area contributed by atoms with E-state index in [4.69, 9.17) is 4.74 Å². The number of carbonyl (C=O) groups is 1. The summed E-state index contributed by atoms with van der Waals surface area (Å²) in [7, 11) is 1.64. The minimum absolute atomic E-state index is 0.206. The smallest absolute Gasteiger partial charge is 0.319 e. The van der Waals surface area contributed by atoms with Crippen LogP contribution in [-0.4, -0.2) is 24.3 Å². The lowest BCUT2D eigenvalue weighted by atomic mass is 10.1. The molecule has 5 nitrogen and oxygen atoms in total. The minimum atomic E-state index is -0.206. The van der Waals surface area contributed by atoms with Crippen molar-refractivity contribution in [3.8, 4) is 11.4 Å². The van der Waals surface area contributed by atoms with Crippen molar-refractivity contribution in [2.75, 3.05) is 19.0 Å². The van der Waals surface area contributed by atoms with Crippen molar-refractivity contribution in [1.82, 2.24) is 9.88 Å². The highest BCUT2D eigenvalue weighted by Gasteiger charge is 2.02. The van der Waals surface area contributed by atoms with Crippen LogP contribution in [0.15, 0.2) is 73.1 Å². The summed E-state index contributed by atoms with van der Waals surface area (Å²) in [4.78, 5) is 12.0. The van der Waals surface area contributed by atoms with E-state index in [2.05, 4.69) is 10.6 Å². The molecule has 2 aromatic carbocycles. The van der Waals surface area contributed by atoms with Gasteiger partial charge in [0.15, 0.2) is 0 Å². The Morgan fingerprint density at radius 1 is 1.00 bits per heavy atom. The van der Waals surface area contributed by atoms with Crippen molar-refractivity contribution in [2.24, 2.45) is 0 Å². The van der Waals surface area contributed by atoms with Crippen LogP contribution < -0.4 is 15.4 Å². The molecule has 0 radical (unpaired) electrons. The van der Waals surface area contributed by atoms with E-state index in [1.165, 1.54) is 0 Å². The van der Waals surface area contributed by atoms with Gasteiger partial charge in [-0.1, -0.05) is 12.1 Å². The summed E-state index contributed by atoms with van der Waals surface area (Å²) < 4.78 is 7.14. The molecule has 0 spiro atoms. The summed E-state index contributed by atoms with van der Waals surface area (Å²) in [5, 5.41) is 5.70. The molecule has 128 valence electrons. The molecule has 25 heavy (non-hydrogen) atoms. The van der Waals surface area contributed by atoms with Gasteiger partial charge in [0.2, 0.25) is 0 Å². The topological polar surface area (TPSA) is 55.3 Å². The van der Waals surface area contributed by atoms with Gasteiger partial charge in [-0.25, -0.2) is 4.79 Å². The van der Waals surface area contributed by atoms with Gasteiger partial charge in [0.25, 0.3) is 0 Å². The second-order valence-corrected chi connectivity index (χ2v) is 5.62. The molecule has 2 N–H and O–H groups in total. The second-order valence-electron chi connectivity index (χ2n) is 5.62. The summed E-state index contributed by atoms with van der Waals surface area (Å²) >= 11 is 0. The van der Waals surface area contributed by atoms with Crippen LogP contribution >= 0.6 is 0 Å². The van der Waals surface area contributed by atoms with Crippen LogP contribution in [-0.2, 0) is 6.42 Å². The highest BCUT2D eigenvalue weighted by molar-refractivity contribution is 5.89. The van der Waals surface area contributed by atoms with Crippen LogP contribution in [0.25, 0.3) is 5.69 Å². The van der Waals surface area contributed by atoms with Gasteiger partial charge in [-0.15, -0.1) is 0 Å². The number of rotatable bonds is 6. The van der Waals surface area contributed by atoms with Gasteiger partial charge in [-0.05, 0) is 60.5 Å². The molecule has 0 aliphatic heterocycles. The largest absolute Gasteiger partial charge is 0.497 e. The molecule has 0 aliphatic rings. The quantitative estimate of drug-likeness (QED) is 0.719. The zero-order valence-corrected chi connectivity index (χ0v) is 14.1.